The Hall–Kier alpha value is -1.72. The Morgan fingerprint density at radius 3 is 2.65 bits per heavy atom. The maximum Gasteiger partial charge on any atom is 0.239 e. The van der Waals surface area contributed by atoms with E-state index in [9.17, 15) is 4.79 Å². The Balaban J connectivity index is 2.15. The van der Waals surface area contributed by atoms with Crippen molar-refractivity contribution in [3.05, 3.63) is 52.0 Å². The third-order valence-corrected chi connectivity index (χ3v) is 4.18. The van der Waals surface area contributed by atoms with Gasteiger partial charge >= 0.3 is 0 Å². The fourth-order valence-electron chi connectivity index (χ4n) is 2.20. The van der Waals surface area contributed by atoms with E-state index in [-0.39, 0.29) is 5.91 Å². The summed E-state index contributed by atoms with van der Waals surface area (Å²) in [4.78, 5) is 18.2. The van der Waals surface area contributed by atoms with Crippen molar-refractivity contribution in [3.63, 3.8) is 0 Å². The molecule has 0 spiro atoms. The Kier molecular flexibility index (Phi) is 4.87. The Morgan fingerprint density at radius 2 is 2.10 bits per heavy atom. The first kappa shape index (κ1) is 14.7. The maximum atomic E-state index is 11.8. The van der Waals surface area contributed by atoms with Crippen LogP contribution < -0.4 is 5.73 Å². The fourth-order valence-corrected chi connectivity index (χ4v) is 2.94. The normalized spacial score (nSPS) is 12.6. The molecule has 0 bridgehead atoms. The lowest BCUT2D eigenvalue weighted by Gasteiger charge is -2.25. The number of hydrogen-bond acceptors (Lipinski definition) is 4. The van der Waals surface area contributed by atoms with Crippen LogP contribution in [0.2, 0.25) is 0 Å². The zero-order valence-electron chi connectivity index (χ0n) is 11.7. The van der Waals surface area contributed by atoms with E-state index < -0.39 is 6.04 Å². The van der Waals surface area contributed by atoms with Crippen molar-refractivity contribution in [1.29, 1.82) is 0 Å². The Bertz CT molecular complexity index is 568. The molecule has 2 rings (SSSR count). The van der Waals surface area contributed by atoms with Gasteiger partial charge in [-0.2, -0.15) is 0 Å². The molecule has 106 valence electrons. The van der Waals surface area contributed by atoms with E-state index in [0.717, 1.165) is 22.7 Å². The smallest absolute Gasteiger partial charge is 0.239 e. The zero-order chi connectivity index (χ0) is 14.5. The second-order valence-electron chi connectivity index (χ2n) is 4.72. The van der Waals surface area contributed by atoms with Gasteiger partial charge in [-0.1, -0.05) is 37.3 Å². The SMILES string of the molecule is CCc1nc(CN(C)[C@H](C(N)=O)c2ccccc2)cs1. The first-order valence-electron chi connectivity index (χ1n) is 6.59. The molecule has 2 aromatic rings. The summed E-state index contributed by atoms with van der Waals surface area (Å²) in [5.74, 6) is -0.343. The fraction of sp³-hybridized carbons (Fsp3) is 0.333. The van der Waals surface area contributed by atoms with Gasteiger partial charge < -0.3 is 5.73 Å². The van der Waals surface area contributed by atoms with Crippen LogP contribution in [0.15, 0.2) is 35.7 Å². The summed E-state index contributed by atoms with van der Waals surface area (Å²) in [5.41, 5.74) is 7.45. The summed E-state index contributed by atoms with van der Waals surface area (Å²) in [7, 11) is 1.90. The molecule has 1 aromatic carbocycles. The number of amides is 1. The van der Waals surface area contributed by atoms with Gasteiger partial charge in [-0.05, 0) is 19.0 Å². The molecule has 0 radical (unpaired) electrons. The van der Waals surface area contributed by atoms with Crippen molar-refractivity contribution in [1.82, 2.24) is 9.88 Å². The molecule has 20 heavy (non-hydrogen) atoms. The number of aromatic nitrogens is 1. The van der Waals surface area contributed by atoms with Gasteiger partial charge in [0.15, 0.2) is 0 Å². The number of nitrogens with two attached hydrogens (primary N) is 1. The average Bonchev–Trinajstić information content (AvgIpc) is 2.87. The minimum absolute atomic E-state index is 0.343. The van der Waals surface area contributed by atoms with Gasteiger partial charge in [-0.25, -0.2) is 4.98 Å². The number of primary amides is 1. The number of aryl methyl sites for hydroxylation is 1. The third kappa shape index (κ3) is 3.43. The van der Waals surface area contributed by atoms with Crippen LogP contribution in [0.3, 0.4) is 0 Å². The Labute approximate surface area is 123 Å². The molecule has 0 aliphatic carbocycles. The van der Waals surface area contributed by atoms with Crippen molar-refractivity contribution in [2.45, 2.75) is 25.9 Å². The minimum atomic E-state index is -0.428. The van der Waals surface area contributed by atoms with Crippen LogP contribution in [-0.2, 0) is 17.8 Å². The quantitative estimate of drug-likeness (QED) is 0.888. The number of hydrogen-bond donors (Lipinski definition) is 1. The van der Waals surface area contributed by atoms with Crippen LogP contribution in [0, 0.1) is 0 Å². The summed E-state index contributed by atoms with van der Waals surface area (Å²) in [6.07, 6.45) is 0.937. The Morgan fingerprint density at radius 1 is 1.40 bits per heavy atom. The zero-order valence-corrected chi connectivity index (χ0v) is 12.6. The molecular formula is C15H19N3OS. The van der Waals surface area contributed by atoms with E-state index in [1.54, 1.807) is 11.3 Å². The van der Waals surface area contributed by atoms with E-state index in [1.807, 2.05) is 47.7 Å². The molecule has 1 amide bonds. The second-order valence-corrected chi connectivity index (χ2v) is 5.66. The van der Waals surface area contributed by atoms with E-state index in [4.69, 9.17) is 5.73 Å². The van der Waals surface area contributed by atoms with Crippen molar-refractivity contribution in [2.24, 2.45) is 5.73 Å². The molecule has 0 saturated carbocycles. The topological polar surface area (TPSA) is 59.2 Å². The number of likely N-dealkylation sites (N-methyl/N-ethyl adjacent to an activating group) is 1. The predicted octanol–water partition coefficient (Wildman–Crippen LogP) is 2.36. The molecule has 1 heterocycles. The van der Waals surface area contributed by atoms with Gasteiger partial charge in [0, 0.05) is 11.9 Å². The van der Waals surface area contributed by atoms with Crippen LogP contribution in [0.1, 0.15) is 29.2 Å². The van der Waals surface area contributed by atoms with Crippen molar-refractivity contribution in [3.8, 4) is 0 Å². The molecule has 5 heteroatoms. The monoisotopic (exact) mass is 289 g/mol. The molecule has 2 N–H and O–H groups in total. The molecule has 1 atom stereocenters. The minimum Gasteiger partial charge on any atom is -0.368 e. The van der Waals surface area contributed by atoms with E-state index in [2.05, 4.69) is 11.9 Å². The van der Waals surface area contributed by atoms with Gasteiger partial charge in [0.05, 0.1) is 10.7 Å². The number of carbonyl (C=O) groups excluding carboxylic acids is 1. The van der Waals surface area contributed by atoms with Gasteiger partial charge in [0.25, 0.3) is 0 Å². The van der Waals surface area contributed by atoms with Crippen LogP contribution in [0.25, 0.3) is 0 Å². The molecular weight excluding hydrogens is 270 g/mol. The molecule has 0 aliphatic heterocycles. The molecule has 4 nitrogen and oxygen atoms in total. The number of rotatable bonds is 6. The van der Waals surface area contributed by atoms with E-state index in [0.29, 0.717) is 6.54 Å². The lowest BCUT2D eigenvalue weighted by Crippen LogP contribution is -2.35. The standard InChI is InChI=1S/C15H19N3OS/c1-3-13-17-12(10-20-13)9-18(2)14(15(16)19)11-7-5-4-6-8-11/h4-8,10,14H,3,9H2,1-2H3,(H2,16,19)/t14-/m0/s1. The van der Waals surface area contributed by atoms with Crippen LogP contribution in [0.5, 0.6) is 0 Å². The lowest BCUT2D eigenvalue weighted by atomic mass is 10.1. The van der Waals surface area contributed by atoms with Crippen molar-refractivity contribution >= 4 is 17.2 Å². The van der Waals surface area contributed by atoms with Gasteiger partial charge in [-0.15, -0.1) is 11.3 Å². The summed E-state index contributed by atoms with van der Waals surface area (Å²) >= 11 is 1.65. The summed E-state index contributed by atoms with van der Waals surface area (Å²) < 4.78 is 0. The first-order chi connectivity index (χ1) is 9.61. The number of thiazole rings is 1. The van der Waals surface area contributed by atoms with E-state index >= 15 is 0 Å². The van der Waals surface area contributed by atoms with Crippen molar-refractivity contribution < 1.29 is 4.79 Å². The van der Waals surface area contributed by atoms with Crippen LogP contribution in [0.4, 0.5) is 0 Å². The van der Waals surface area contributed by atoms with Gasteiger partial charge in [0.1, 0.15) is 6.04 Å². The maximum absolute atomic E-state index is 11.8. The lowest BCUT2D eigenvalue weighted by molar-refractivity contribution is -0.123. The predicted molar refractivity (Wildman–Crippen MR) is 81.3 cm³/mol. The van der Waals surface area contributed by atoms with Crippen LogP contribution >= 0.6 is 11.3 Å². The second kappa shape index (κ2) is 6.63. The largest absolute Gasteiger partial charge is 0.368 e. The summed E-state index contributed by atoms with van der Waals surface area (Å²) in [6.45, 7) is 2.70. The molecule has 0 unspecified atom stereocenters. The van der Waals surface area contributed by atoms with E-state index in [1.165, 1.54) is 0 Å². The summed E-state index contributed by atoms with van der Waals surface area (Å²) in [6, 6.07) is 9.17. The highest BCUT2D eigenvalue weighted by Gasteiger charge is 2.23. The highest BCUT2D eigenvalue weighted by molar-refractivity contribution is 7.09. The van der Waals surface area contributed by atoms with Crippen molar-refractivity contribution in [2.75, 3.05) is 7.05 Å². The number of benzene rings is 1. The average molecular weight is 289 g/mol. The molecule has 0 aliphatic rings. The van der Waals surface area contributed by atoms with Crippen LogP contribution in [-0.4, -0.2) is 22.8 Å². The van der Waals surface area contributed by atoms with Gasteiger partial charge in [0.2, 0.25) is 5.91 Å². The first-order valence-corrected chi connectivity index (χ1v) is 7.47. The molecule has 0 saturated heterocycles. The molecule has 1 aromatic heterocycles. The third-order valence-electron chi connectivity index (χ3n) is 3.14. The highest BCUT2D eigenvalue weighted by Crippen LogP contribution is 2.21. The number of carbonyl (C=O) groups is 1. The van der Waals surface area contributed by atoms with Gasteiger partial charge in [-0.3, -0.25) is 9.69 Å². The summed E-state index contributed by atoms with van der Waals surface area (Å²) in [5, 5.41) is 3.15. The number of nitrogens with zero attached hydrogens (tertiary/aromatic N) is 2. The molecule has 0 fully saturated rings. The highest BCUT2D eigenvalue weighted by atomic mass is 32.1.